The lowest BCUT2D eigenvalue weighted by atomic mass is 9.51. The van der Waals surface area contributed by atoms with Crippen LogP contribution in [0.15, 0.2) is 72.8 Å². The summed E-state index contributed by atoms with van der Waals surface area (Å²) >= 11 is 0. The molecule has 3 heterocycles. The Morgan fingerprint density at radius 3 is 1.91 bits per heavy atom. The number of benzene rings is 2. The van der Waals surface area contributed by atoms with E-state index in [0.717, 1.165) is 13.8 Å². The topological polar surface area (TPSA) is 173 Å². The van der Waals surface area contributed by atoms with Crippen LogP contribution in [0, 0.1) is 23.7 Å². The molecular weight excluding hydrogens is 688 g/mol. The zero-order chi connectivity index (χ0) is 38.5. The summed E-state index contributed by atoms with van der Waals surface area (Å²) in [6.07, 6.45) is -7.11. The van der Waals surface area contributed by atoms with E-state index in [1.807, 2.05) is 0 Å². The van der Waals surface area contributed by atoms with Gasteiger partial charge in [0.05, 0.1) is 17.1 Å². The summed E-state index contributed by atoms with van der Waals surface area (Å²) < 4.78 is 45.3. The highest BCUT2D eigenvalue weighted by atomic mass is 16.9. The van der Waals surface area contributed by atoms with E-state index in [4.69, 9.17) is 33.2 Å². The summed E-state index contributed by atoms with van der Waals surface area (Å²) in [5.74, 6) is -9.03. The highest BCUT2D eigenvalue weighted by molar-refractivity contribution is 5.89. The summed E-state index contributed by atoms with van der Waals surface area (Å²) in [5.41, 5.74) is -7.42. The fourth-order valence-electron chi connectivity index (χ4n) is 10.4. The van der Waals surface area contributed by atoms with Crippen LogP contribution in [0.5, 0.6) is 0 Å². The third kappa shape index (κ3) is 5.07. The van der Waals surface area contributed by atoms with Gasteiger partial charge >= 0.3 is 29.9 Å². The molecule has 284 valence electrons. The first-order chi connectivity index (χ1) is 24.9. The molecule has 2 N–H and O–H groups in total. The van der Waals surface area contributed by atoms with Crippen molar-refractivity contribution in [2.45, 2.75) is 114 Å². The van der Waals surface area contributed by atoms with Gasteiger partial charge in [-0.2, -0.15) is 0 Å². The van der Waals surface area contributed by atoms with Gasteiger partial charge in [0.1, 0.15) is 29.5 Å². The molecule has 1 spiro atoms. The number of fused-ring (bicyclic) bond motifs is 1. The Balaban J connectivity index is 1.58. The van der Waals surface area contributed by atoms with Crippen LogP contribution < -0.4 is 0 Å². The summed E-state index contributed by atoms with van der Waals surface area (Å²) in [5, 5.41) is 26.6. The molecule has 13 nitrogen and oxygen atoms in total. The van der Waals surface area contributed by atoms with E-state index in [0.29, 0.717) is 5.56 Å². The van der Waals surface area contributed by atoms with Gasteiger partial charge in [0.25, 0.3) is 0 Å². The predicted octanol–water partition coefficient (Wildman–Crippen LogP) is 3.73. The second-order valence-corrected chi connectivity index (χ2v) is 15.5. The zero-order valence-corrected chi connectivity index (χ0v) is 30.8. The molecular formula is C40H46O13. The third-order valence-corrected chi connectivity index (χ3v) is 12.3. The molecule has 3 saturated carbocycles. The normalized spacial score (nSPS) is 43.5. The molecule has 13 heteroatoms. The highest BCUT2D eigenvalue weighted by Gasteiger charge is 2.87. The van der Waals surface area contributed by atoms with E-state index in [9.17, 15) is 29.4 Å². The molecule has 2 aromatic rings. The zero-order valence-electron chi connectivity index (χ0n) is 30.8. The smallest absolute Gasteiger partial charge is 0.338 e. The van der Waals surface area contributed by atoms with Crippen molar-refractivity contribution >= 4 is 23.9 Å². The number of ether oxygens (including phenoxy) is 7. The Labute approximate surface area is 307 Å². The fraction of sp³-hybridized carbons (Fsp3) is 0.550. The van der Waals surface area contributed by atoms with Crippen LogP contribution in [0.25, 0.3) is 0 Å². The molecule has 14 atom stereocenters. The van der Waals surface area contributed by atoms with Gasteiger partial charge in [-0.05, 0) is 43.9 Å². The van der Waals surface area contributed by atoms with Crippen molar-refractivity contribution in [3.63, 3.8) is 0 Å². The first-order valence-corrected chi connectivity index (χ1v) is 17.9. The second-order valence-electron chi connectivity index (χ2n) is 15.5. The Morgan fingerprint density at radius 2 is 1.34 bits per heavy atom. The molecule has 0 aromatic heterocycles. The van der Waals surface area contributed by atoms with Gasteiger partial charge in [-0.1, -0.05) is 69.0 Å². The van der Waals surface area contributed by atoms with Gasteiger partial charge < -0.3 is 43.4 Å². The Kier molecular flexibility index (Phi) is 8.74. The molecule has 6 fully saturated rings. The Bertz CT molecular complexity index is 1830. The van der Waals surface area contributed by atoms with E-state index in [1.165, 1.54) is 26.0 Å². The molecule has 2 aromatic carbocycles. The van der Waals surface area contributed by atoms with E-state index in [2.05, 4.69) is 6.58 Å². The lowest BCUT2D eigenvalue weighted by Crippen LogP contribution is -2.86. The molecule has 1 unspecified atom stereocenters. The van der Waals surface area contributed by atoms with Crippen molar-refractivity contribution in [3.8, 4) is 0 Å². The molecule has 0 amide bonds. The summed E-state index contributed by atoms with van der Waals surface area (Å²) in [6.45, 7) is 14.2. The lowest BCUT2D eigenvalue weighted by Gasteiger charge is -2.73. The van der Waals surface area contributed by atoms with E-state index in [1.54, 1.807) is 69.3 Å². The van der Waals surface area contributed by atoms with Gasteiger partial charge in [-0.3, -0.25) is 14.4 Å². The summed E-state index contributed by atoms with van der Waals surface area (Å²) in [6, 6.07) is 16.8. The van der Waals surface area contributed by atoms with Crippen LogP contribution >= 0.6 is 0 Å². The Hall–Kier alpha value is -4.14. The van der Waals surface area contributed by atoms with Crippen LogP contribution in [0.1, 0.15) is 70.8 Å². The number of hydrogen-bond acceptors (Lipinski definition) is 13. The SMILES string of the molecule is C=C(C)[C@@]1(O)[C@@H]2OC3(c4ccccc4)O[C@H]1[C@@H](C)[C@@]1(O3)[C@H]2[C@H](OC(C)=O)[C@](C)(OC(=O)c2ccccc2)[C@@H](OC(C)=O)[C@@]2(O)[C@H]1C[C@H](C)[C@@H]2OC(C)=O. The molecule has 6 aliphatic rings. The fourth-order valence-corrected chi connectivity index (χ4v) is 10.4. The standard InChI is InChI=1S/C40H46O13/c1-20(2)37(45)31-22(4)39-28-19-21(3)30(47-23(5)41)38(28,46)35(49-25(7)43)36(8,52-34(44)26-15-11-9-12-16-26)32(48-24(6)42)29(39)33(37)51-40(50-31,53-39)27-17-13-10-14-18-27/h9-18,21-22,28-33,35,45-46H,1,19H2,2-8H3/t21-,22+,28+,29-,30-,31-,32-,33+,35+,36-,37-,38+,39-,40?/m0/s1. The molecule has 3 saturated heterocycles. The maximum absolute atomic E-state index is 14.2. The Morgan fingerprint density at radius 1 is 0.792 bits per heavy atom. The molecule has 0 radical (unpaired) electrons. The summed E-state index contributed by atoms with van der Waals surface area (Å²) in [7, 11) is 0. The van der Waals surface area contributed by atoms with E-state index < -0.39 is 106 Å². The van der Waals surface area contributed by atoms with Gasteiger partial charge in [-0.15, -0.1) is 0 Å². The van der Waals surface area contributed by atoms with Crippen LogP contribution in [0.4, 0.5) is 0 Å². The van der Waals surface area contributed by atoms with E-state index in [-0.39, 0.29) is 17.6 Å². The summed E-state index contributed by atoms with van der Waals surface area (Å²) in [4.78, 5) is 53.5. The molecule has 53 heavy (non-hydrogen) atoms. The quantitative estimate of drug-likeness (QED) is 0.240. The average Bonchev–Trinajstić information content (AvgIpc) is 3.34. The minimum absolute atomic E-state index is 0.108. The highest BCUT2D eigenvalue weighted by Crippen LogP contribution is 2.72. The van der Waals surface area contributed by atoms with Crippen molar-refractivity contribution in [1.29, 1.82) is 0 Å². The number of hydrogen-bond donors (Lipinski definition) is 2. The van der Waals surface area contributed by atoms with Gasteiger partial charge in [-0.25, -0.2) is 4.79 Å². The largest absolute Gasteiger partial charge is 0.459 e. The number of esters is 4. The number of carbonyl (C=O) groups excluding carboxylic acids is 4. The molecule has 3 aliphatic carbocycles. The maximum Gasteiger partial charge on any atom is 0.338 e. The van der Waals surface area contributed by atoms with Gasteiger partial charge in [0.15, 0.2) is 17.8 Å². The third-order valence-electron chi connectivity index (χ3n) is 12.3. The van der Waals surface area contributed by atoms with Crippen LogP contribution in [0.2, 0.25) is 0 Å². The average molecular weight is 735 g/mol. The van der Waals surface area contributed by atoms with Gasteiger partial charge in [0, 0.05) is 38.2 Å². The first kappa shape index (κ1) is 37.2. The maximum atomic E-state index is 14.2. The minimum atomic E-state index is -2.37. The van der Waals surface area contributed by atoms with Crippen molar-refractivity contribution in [2.24, 2.45) is 23.7 Å². The first-order valence-electron chi connectivity index (χ1n) is 17.9. The lowest BCUT2D eigenvalue weighted by molar-refractivity contribution is -0.586. The number of carbonyl (C=O) groups is 4. The molecule has 8 rings (SSSR count). The molecule has 4 bridgehead atoms. The van der Waals surface area contributed by atoms with Crippen LogP contribution in [0.3, 0.4) is 0 Å². The van der Waals surface area contributed by atoms with Crippen LogP contribution in [-0.2, 0) is 53.5 Å². The number of rotatable bonds is 7. The second kappa shape index (κ2) is 12.5. The van der Waals surface area contributed by atoms with Crippen LogP contribution in [-0.4, -0.2) is 87.0 Å². The van der Waals surface area contributed by atoms with Crippen molar-refractivity contribution in [1.82, 2.24) is 0 Å². The predicted molar refractivity (Wildman–Crippen MR) is 183 cm³/mol. The number of aliphatic hydroxyl groups is 2. The van der Waals surface area contributed by atoms with Gasteiger partial charge in [0.2, 0.25) is 0 Å². The minimum Gasteiger partial charge on any atom is -0.459 e. The van der Waals surface area contributed by atoms with Crippen molar-refractivity contribution < 1.29 is 62.5 Å². The monoisotopic (exact) mass is 734 g/mol. The van der Waals surface area contributed by atoms with Crippen molar-refractivity contribution in [2.75, 3.05) is 0 Å². The molecule has 3 aliphatic heterocycles. The van der Waals surface area contributed by atoms with E-state index >= 15 is 0 Å². The van der Waals surface area contributed by atoms with Crippen molar-refractivity contribution in [3.05, 3.63) is 83.9 Å².